The number of benzene rings is 1. The number of nitrogens with one attached hydrogen (secondary N) is 1. The summed E-state index contributed by atoms with van der Waals surface area (Å²) in [6, 6.07) is 10.5. The smallest absolute Gasteiger partial charge is 0.254 e. The molecule has 3 rings (SSSR count). The summed E-state index contributed by atoms with van der Waals surface area (Å²) in [5, 5.41) is 7.69. The van der Waals surface area contributed by atoms with Crippen molar-refractivity contribution in [3.63, 3.8) is 0 Å². The molecule has 0 spiro atoms. The summed E-state index contributed by atoms with van der Waals surface area (Å²) in [4.78, 5) is 8.63. The zero-order valence-corrected chi connectivity index (χ0v) is 12.4. The first-order valence-electron chi connectivity index (χ1n) is 7.32. The fourth-order valence-corrected chi connectivity index (χ4v) is 2.43. The number of nitrogens with zero attached hydrogens (tertiary/aromatic N) is 4. The first kappa shape index (κ1) is 13.5. The first-order valence-corrected chi connectivity index (χ1v) is 7.32. The van der Waals surface area contributed by atoms with E-state index in [-0.39, 0.29) is 0 Å². The van der Waals surface area contributed by atoms with E-state index in [4.69, 9.17) is 0 Å². The van der Waals surface area contributed by atoms with Gasteiger partial charge in [-0.2, -0.15) is 14.6 Å². The molecule has 0 aliphatic carbocycles. The van der Waals surface area contributed by atoms with E-state index in [1.807, 2.05) is 6.07 Å². The van der Waals surface area contributed by atoms with Crippen LogP contribution in [0.2, 0.25) is 0 Å². The number of anilines is 1. The Hall–Kier alpha value is -2.43. The number of hydrogen-bond donors (Lipinski definition) is 1. The van der Waals surface area contributed by atoms with Gasteiger partial charge in [-0.3, -0.25) is 0 Å². The molecule has 5 nitrogen and oxygen atoms in total. The van der Waals surface area contributed by atoms with Gasteiger partial charge in [-0.1, -0.05) is 38.1 Å². The number of fused-ring (bicyclic) bond motifs is 1. The molecule has 0 saturated heterocycles. The fourth-order valence-electron chi connectivity index (χ4n) is 2.43. The maximum Gasteiger partial charge on any atom is 0.254 e. The van der Waals surface area contributed by atoms with Crippen molar-refractivity contribution in [1.29, 1.82) is 0 Å². The summed E-state index contributed by atoms with van der Waals surface area (Å²) in [5.41, 5.74) is 3.69. The third-order valence-corrected chi connectivity index (χ3v) is 3.63. The zero-order valence-electron chi connectivity index (χ0n) is 12.4. The number of rotatable bonds is 5. The van der Waals surface area contributed by atoms with Gasteiger partial charge in [0.1, 0.15) is 12.1 Å². The van der Waals surface area contributed by atoms with Gasteiger partial charge in [0.25, 0.3) is 5.78 Å². The molecule has 108 valence electrons. The quantitative estimate of drug-likeness (QED) is 0.781. The summed E-state index contributed by atoms with van der Waals surface area (Å²) in [7, 11) is 0. The van der Waals surface area contributed by atoms with Gasteiger partial charge in [0, 0.05) is 18.3 Å². The third-order valence-electron chi connectivity index (χ3n) is 3.63. The molecule has 3 aromatic rings. The van der Waals surface area contributed by atoms with Gasteiger partial charge < -0.3 is 5.32 Å². The maximum atomic E-state index is 4.45. The lowest BCUT2D eigenvalue weighted by Gasteiger charge is -2.11. The summed E-state index contributed by atoms with van der Waals surface area (Å²) >= 11 is 0. The Morgan fingerprint density at radius 3 is 2.67 bits per heavy atom. The highest BCUT2D eigenvalue weighted by Crippen LogP contribution is 2.15. The van der Waals surface area contributed by atoms with Crippen molar-refractivity contribution in [2.24, 2.45) is 0 Å². The predicted molar refractivity (Wildman–Crippen MR) is 83.3 cm³/mol. The molecule has 0 amide bonds. The van der Waals surface area contributed by atoms with Gasteiger partial charge in [0.05, 0.1) is 0 Å². The molecule has 1 aromatic carbocycles. The molecule has 0 bridgehead atoms. The molecule has 0 atom stereocenters. The SMILES string of the molecule is CCc1cc(NCc2ccccc2CC)n2ncnc2n1. The minimum Gasteiger partial charge on any atom is -0.366 e. The van der Waals surface area contributed by atoms with E-state index in [0.29, 0.717) is 5.78 Å². The van der Waals surface area contributed by atoms with Crippen LogP contribution in [0.3, 0.4) is 0 Å². The fraction of sp³-hybridized carbons (Fsp3) is 0.312. The van der Waals surface area contributed by atoms with Crippen LogP contribution in [0, 0.1) is 0 Å². The van der Waals surface area contributed by atoms with Gasteiger partial charge in [-0.15, -0.1) is 0 Å². The molecule has 2 heterocycles. The summed E-state index contributed by atoms with van der Waals surface area (Å²) in [6.45, 7) is 5.04. The Morgan fingerprint density at radius 1 is 1.10 bits per heavy atom. The topological polar surface area (TPSA) is 55.1 Å². The molecule has 5 heteroatoms. The van der Waals surface area contributed by atoms with Crippen LogP contribution in [0.1, 0.15) is 30.7 Å². The Kier molecular flexibility index (Phi) is 3.81. The molecule has 1 N–H and O–H groups in total. The van der Waals surface area contributed by atoms with Gasteiger partial charge in [0.15, 0.2) is 0 Å². The van der Waals surface area contributed by atoms with E-state index < -0.39 is 0 Å². The largest absolute Gasteiger partial charge is 0.366 e. The van der Waals surface area contributed by atoms with Crippen LogP contribution < -0.4 is 5.32 Å². The van der Waals surface area contributed by atoms with Crippen LogP contribution in [-0.4, -0.2) is 19.6 Å². The standard InChI is InChI=1S/C16H19N5/c1-3-12-7-5-6-8-13(12)10-17-15-9-14(4-2)20-16-18-11-19-21(15)16/h5-9,11,17H,3-4,10H2,1-2H3. The minimum atomic E-state index is 0.639. The number of aryl methyl sites for hydroxylation is 2. The van der Waals surface area contributed by atoms with Crippen LogP contribution >= 0.6 is 0 Å². The van der Waals surface area contributed by atoms with E-state index in [1.165, 1.54) is 17.5 Å². The Labute approximate surface area is 124 Å². The molecule has 2 aromatic heterocycles. The minimum absolute atomic E-state index is 0.639. The highest BCUT2D eigenvalue weighted by atomic mass is 15.3. The van der Waals surface area contributed by atoms with Crippen LogP contribution in [0.5, 0.6) is 0 Å². The predicted octanol–water partition coefficient (Wildman–Crippen LogP) is 2.86. The van der Waals surface area contributed by atoms with E-state index in [2.05, 4.69) is 58.5 Å². The second-order valence-corrected chi connectivity index (χ2v) is 4.93. The van der Waals surface area contributed by atoms with Crippen molar-refractivity contribution in [3.8, 4) is 0 Å². The zero-order chi connectivity index (χ0) is 14.7. The van der Waals surface area contributed by atoms with Crippen molar-refractivity contribution in [1.82, 2.24) is 19.6 Å². The lowest BCUT2D eigenvalue weighted by atomic mass is 10.1. The molecule has 0 fully saturated rings. The highest BCUT2D eigenvalue weighted by Gasteiger charge is 2.07. The second-order valence-electron chi connectivity index (χ2n) is 4.93. The molecule has 21 heavy (non-hydrogen) atoms. The van der Waals surface area contributed by atoms with Crippen LogP contribution in [0.25, 0.3) is 5.78 Å². The Balaban J connectivity index is 1.89. The van der Waals surface area contributed by atoms with E-state index in [9.17, 15) is 0 Å². The highest BCUT2D eigenvalue weighted by molar-refractivity contribution is 5.46. The van der Waals surface area contributed by atoms with Crippen molar-refractivity contribution in [2.75, 3.05) is 5.32 Å². The van der Waals surface area contributed by atoms with Crippen molar-refractivity contribution in [3.05, 3.63) is 53.5 Å². The molecule has 0 radical (unpaired) electrons. The van der Waals surface area contributed by atoms with Crippen LogP contribution in [0.15, 0.2) is 36.7 Å². The Bertz CT molecular complexity index is 747. The van der Waals surface area contributed by atoms with Gasteiger partial charge in [-0.05, 0) is 24.0 Å². The number of aromatic nitrogens is 4. The lowest BCUT2D eigenvalue weighted by Crippen LogP contribution is -2.08. The van der Waals surface area contributed by atoms with E-state index in [0.717, 1.165) is 30.9 Å². The molecule has 0 aliphatic rings. The van der Waals surface area contributed by atoms with Gasteiger partial charge in [-0.25, -0.2) is 4.98 Å². The maximum absolute atomic E-state index is 4.45. The van der Waals surface area contributed by atoms with Crippen molar-refractivity contribution < 1.29 is 0 Å². The van der Waals surface area contributed by atoms with Crippen molar-refractivity contribution >= 4 is 11.6 Å². The lowest BCUT2D eigenvalue weighted by molar-refractivity contribution is 0.898. The molecule has 0 aliphatic heterocycles. The molecule has 0 saturated carbocycles. The van der Waals surface area contributed by atoms with Crippen molar-refractivity contribution in [2.45, 2.75) is 33.2 Å². The molecular weight excluding hydrogens is 262 g/mol. The summed E-state index contributed by atoms with van der Waals surface area (Å²) in [6.07, 6.45) is 3.45. The average Bonchev–Trinajstić information content (AvgIpc) is 3.01. The number of hydrogen-bond acceptors (Lipinski definition) is 4. The summed E-state index contributed by atoms with van der Waals surface area (Å²) in [5.74, 6) is 1.57. The third kappa shape index (κ3) is 2.72. The Morgan fingerprint density at radius 2 is 1.90 bits per heavy atom. The van der Waals surface area contributed by atoms with Crippen LogP contribution in [0.4, 0.5) is 5.82 Å². The molecule has 0 unspecified atom stereocenters. The van der Waals surface area contributed by atoms with E-state index >= 15 is 0 Å². The average molecular weight is 281 g/mol. The first-order chi connectivity index (χ1) is 10.3. The second kappa shape index (κ2) is 5.91. The van der Waals surface area contributed by atoms with Crippen LogP contribution in [-0.2, 0) is 19.4 Å². The molecular formula is C16H19N5. The monoisotopic (exact) mass is 281 g/mol. The summed E-state index contributed by atoms with van der Waals surface area (Å²) < 4.78 is 1.74. The normalized spacial score (nSPS) is 11.0. The van der Waals surface area contributed by atoms with Gasteiger partial charge in [0.2, 0.25) is 0 Å². The van der Waals surface area contributed by atoms with E-state index in [1.54, 1.807) is 4.52 Å². The van der Waals surface area contributed by atoms with Gasteiger partial charge >= 0.3 is 0 Å².